The number of nitrogens with zero attached hydrogens (tertiary/aromatic N) is 3. The van der Waals surface area contributed by atoms with Crippen molar-refractivity contribution in [1.82, 2.24) is 19.9 Å². The molecular formula is C21H20N6O5S2. The summed E-state index contributed by atoms with van der Waals surface area (Å²) < 4.78 is 37.7. The molecule has 4 aromatic rings. The van der Waals surface area contributed by atoms with Gasteiger partial charge in [0.15, 0.2) is 11.0 Å². The van der Waals surface area contributed by atoms with Crippen LogP contribution in [0.25, 0.3) is 11.0 Å². The van der Waals surface area contributed by atoms with E-state index in [2.05, 4.69) is 30.0 Å². The highest BCUT2D eigenvalue weighted by atomic mass is 32.2. The Morgan fingerprint density at radius 3 is 2.50 bits per heavy atom. The Kier molecular flexibility index (Phi) is 6.84. The van der Waals surface area contributed by atoms with Crippen LogP contribution in [-0.2, 0) is 14.8 Å². The van der Waals surface area contributed by atoms with Crippen LogP contribution in [0, 0.1) is 0 Å². The van der Waals surface area contributed by atoms with Gasteiger partial charge in [-0.1, -0.05) is 23.9 Å². The van der Waals surface area contributed by atoms with Gasteiger partial charge in [0.2, 0.25) is 11.8 Å². The zero-order valence-corrected chi connectivity index (χ0v) is 19.7. The third kappa shape index (κ3) is 5.55. The van der Waals surface area contributed by atoms with Gasteiger partial charge in [-0.2, -0.15) is 9.97 Å². The largest absolute Gasteiger partial charge is 0.481 e. The second-order valence-electron chi connectivity index (χ2n) is 6.81. The fourth-order valence-corrected chi connectivity index (χ4v) is 4.57. The number of rotatable bonds is 9. The number of H-pyrrole nitrogens is 1. The second-order valence-corrected chi connectivity index (χ2v) is 9.45. The number of thioether (sulfide) groups is 1. The molecule has 0 unspecified atom stereocenters. The number of nitrogens with one attached hydrogen (secondary N) is 3. The third-order valence-corrected chi connectivity index (χ3v) is 6.71. The molecule has 0 aliphatic carbocycles. The van der Waals surface area contributed by atoms with Crippen molar-refractivity contribution >= 4 is 50.2 Å². The maximum atomic E-state index is 12.7. The summed E-state index contributed by atoms with van der Waals surface area (Å²) in [6, 6.07) is 14.6. The summed E-state index contributed by atoms with van der Waals surface area (Å²) in [7, 11) is -1.20. The molecule has 0 radical (unpaired) electrons. The van der Waals surface area contributed by atoms with E-state index in [9.17, 15) is 13.2 Å². The number of hydrogen-bond donors (Lipinski definition) is 3. The van der Waals surface area contributed by atoms with Crippen LogP contribution < -0.4 is 19.5 Å². The fourth-order valence-electron chi connectivity index (χ4n) is 2.89. The van der Waals surface area contributed by atoms with Gasteiger partial charge in [0, 0.05) is 11.8 Å². The number of hydrogen-bond acceptors (Lipinski definition) is 9. The molecule has 13 heteroatoms. The molecule has 0 saturated heterocycles. The predicted molar refractivity (Wildman–Crippen MR) is 128 cm³/mol. The van der Waals surface area contributed by atoms with Crippen LogP contribution in [-0.4, -0.2) is 54.2 Å². The molecule has 0 spiro atoms. The average Bonchev–Trinajstić information content (AvgIpc) is 3.25. The van der Waals surface area contributed by atoms with E-state index in [0.717, 1.165) is 11.0 Å². The van der Waals surface area contributed by atoms with E-state index in [1.807, 2.05) is 24.3 Å². The molecule has 34 heavy (non-hydrogen) atoms. The Morgan fingerprint density at radius 2 is 1.79 bits per heavy atom. The van der Waals surface area contributed by atoms with Crippen molar-refractivity contribution in [2.45, 2.75) is 10.1 Å². The van der Waals surface area contributed by atoms with E-state index in [4.69, 9.17) is 9.47 Å². The third-order valence-electron chi connectivity index (χ3n) is 4.47. The number of para-hydroxylation sites is 2. The van der Waals surface area contributed by atoms with Gasteiger partial charge in [-0.25, -0.2) is 13.4 Å². The summed E-state index contributed by atoms with van der Waals surface area (Å²) >= 11 is 1.27. The molecule has 3 N–H and O–H groups in total. The van der Waals surface area contributed by atoms with Gasteiger partial charge in [0.1, 0.15) is 0 Å². The highest BCUT2D eigenvalue weighted by molar-refractivity contribution is 7.99. The van der Waals surface area contributed by atoms with Crippen molar-refractivity contribution in [3.05, 3.63) is 54.6 Å². The summed E-state index contributed by atoms with van der Waals surface area (Å²) in [6.07, 6.45) is 0. The number of benzene rings is 2. The van der Waals surface area contributed by atoms with E-state index in [1.165, 1.54) is 56.3 Å². The molecule has 2 heterocycles. The molecule has 0 atom stereocenters. The monoisotopic (exact) mass is 500 g/mol. The molecule has 0 bridgehead atoms. The van der Waals surface area contributed by atoms with Gasteiger partial charge >= 0.3 is 6.01 Å². The second kappa shape index (κ2) is 9.97. The normalized spacial score (nSPS) is 11.2. The molecular weight excluding hydrogens is 480 g/mol. The summed E-state index contributed by atoms with van der Waals surface area (Å²) in [6.45, 7) is 0. The molecule has 0 fully saturated rings. The number of anilines is 2. The van der Waals surface area contributed by atoms with Gasteiger partial charge < -0.3 is 19.8 Å². The lowest BCUT2D eigenvalue weighted by molar-refractivity contribution is -0.113. The van der Waals surface area contributed by atoms with Crippen molar-refractivity contribution in [3.63, 3.8) is 0 Å². The minimum atomic E-state index is -3.95. The van der Waals surface area contributed by atoms with E-state index >= 15 is 0 Å². The van der Waals surface area contributed by atoms with Crippen molar-refractivity contribution in [3.8, 4) is 11.9 Å². The number of aromatic amines is 1. The summed E-state index contributed by atoms with van der Waals surface area (Å²) in [5, 5.41) is 3.37. The summed E-state index contributed by atoms with van der Waals surface area (Å²) in [5.41, 5.74) is 2.18. The minimum Gasteiger partial charge on any atom is -0.481 e. The number of aromatic nitrogens is 4. The number of ether oxygens (including phenoxy) is 2. The van der Waals surface area contributed by atoms with E-state index in [0.29, 0.717) is 10.8 Å². The van der Waals surface area contributed by atoms with Gasteiger partial charge in [0.05, 0.1) is 35.9 Å². The van der Waals surface area contributed by atoms with Crippen LogP contribution >= 0.6 is 11.8 Å². The first kappa shape index (κ1) is 23.3. The number of imidazole rings is 1. The maximum absolute atomic E-state index is 12.7. The topological polar surface area (TPSA) is 148 Å². The van der Waals surface area contributed by atoms with Crippen molar-refractivity contribution < 1.29 is 22.7 Å². The molecule has 11 nitrogen and oxygen atoms in total. The first-order chi connectivity index (χ1) is 16.4. The number of sulfonamides is 1. The number of carbonyl (C=O) groups excluding carboxylic acids is 1. The lowest BCUT2D eigenvalue weighted by Crippen LogP contribution is -2.16. The van der Waals surface area contributed by atoms with Crippen LogP contribution in [0.2, 0.25) is 0 Å². The quantitative estimate of drug-likeness (QED) is 0.295. The highest BCUT2D eigenvalue weighted by Crippen LogP contribution is 2.22. The Hall–Kier alpha value is -3.84. The van der Waals surface area contributed by atoms with Crippen LogP contribution in [0.4, 0.5) is 11.5 Å². The lowest BCUT2D eigenvalue weighted by Gasteiger charge is -2.10. The van der Waals surface area contributed by atoms with Gasteiger partial charge in [-0.15, -0.1) is 0 Å². The zero-order chi connectivity index (χ0) is 24.1. The lowest BCUT2D eigenvalue weighted by atomic mass is 10.3. The molecule has 0 aliphatic rings. The molecule has 2 aromatic heterocycles. The van der Waals surface area contributed by atoms with Crippen molar-refractivity contribution in [1.29, 1.82) is 0 Å². The minimum absolute atomic E-state index is 0.0105. The Balaban J connectivity index is 1.37. The Morgan fingerprint density at radius 1 is 1.03 bits per heavy atom. The van der Waals surface area contributed by atoms with Crippen LogP contribution in [0.5, 0.6) is 11.9 Å². The first-order valence-corrected chi connectivity index (χ1v) is 12.3. The molecule has 4 rings (SSSR count). The standard InChI is InChI=1S/C21H20N6O5S2/c1-31-19-11-17(25-20(26-19)32-2)27-34(29,30)14-9-7-13(8-10-14)22-18(28)12-33-21-23-15-5-3-4-6-16(15)24-21/h3-11H,12H2,1-2H3,(H,22,28)(H,23,24)(H,25,26,27). The smallest absolute Gasteiger partial charge is 0.321 e. The summed E-state index contributed by atoms with van der Waals surface area (Å²) in [4.78, 5) is 27.7. The number of methoxy groups -OCH3 is 2. The Bertz CT molecular complexity index is 1370. The molecule has 2 aromatic carbocycles. The number of carbonyl (C=O) groups is 1. The zero-order valence-electron chi connectivity index (χ0n) is 18.1. The predicted octanol–water partition coefficient (Wildman–Crippen LogP) is 2.90. The van der Waals surface area contributed by atoms with Crippen LogP contribution in [0.1, 0.15) is 0 Å². The first-order valence-electron chi connectivity index (χ1n) is 9.83. The SMILES string of the molecule is COc1cc(NS(=O)(=O)c2ccc(NC(=O)CSc3nc4ccccc4[nH]3)cc2)nc(OC)n1. The number of fused-ring (bicyclic) bond motifs is 1. The van der Waals surface area contributed by atoms with E-state index in [-0.39, 0.29) is 34.3 Å². The molecule has 176 valence electrons. The molecule has 0 aliphatic heterocycles. The summed E-state index contributed by atoms with van der Waals surface area (Å²) in [5.74, 6) is 0.0184. The van der Waals surface area contributed by atoms with Crippen molar-refractivity contribution in [2.75, 3.05) is 30.0 Å². The molecule has 1 amide bonds. The van der Waals surface area contributed by atoms with Gasteiger partial charge in [-0.3, -0.25) is 9.52 Å². The van der Waals surface area contributed by atoms with E-state index < -0.39 is 10.0 Å². The fraction of sp³-hybridized carbons (Fsp3) is 0.143. The van der Waals surface area contributed by atoms with Gasteiger partial charge in [-0.05, 0) is 36.4 Å². The Labute approximate surface area is 199 Å². The maximum Gasteiger partial charge on any atom is 0.321 e. The highest BCUT2D eigenvalue weighted by Gasteiger charge is 2.17. The van der Waals surface area contributed by atoms with Crippen LogP contribution in [0.15, 0.2) is 64.6 Å². The number of amides is 1. The van der Waals surface area contributed by atoms with Gasteiger partial charge in [0.25, 0.3) is 10.0 Å². The van der Waals surface area contributed by atoms with Crippen molar-refractivity contribution in [2.24, 2.45) is 0 Å². The molecule has 0 saturated carbocycles. The average molecular weight is 501 g/mol. The van der Waals surface area contributed by atoms with E-state index in [1.54, 1.807) is 0 Å². The van der Waals surface area contributed by atoms with Crippen LogP contribution in [0.3, 0.4) is 0 Å².